The van der Waals surface area contributed by atoms with E-state index in [1.807, 2.05) is 16.8 Å². The molecule has 0 aromatic carbocycles. The van der Waals surface area contributed by atoms with Crippen LogP contribution in [0.15, 0.2) is 18.6 Å². The van der Waals surface area contributed by atoms with E-state index in [2.05, 4.69) is 20.3 Å². The van der Waals surface area contributed by atoms with Crippen LogP contribution in [0.4, 0.5) is 11.6 Å². The number of rotatable bonds is 2. The minimum absolute atomic E-state index is 0.635. The highest BCUT2D eigenvalue weighted by Gasteiger charge is 2.39. The predicted octanol–water partition coefficient (Wildman–Crippen LogP) is 1.00. The van der Waals surface area contributed by atoms with Crippen LogP contribution in [0, 0.1) is 5.92 Å². The number of hydrazine groups is 1. The quantitative estimate of drug-likeness (QED) is 0.609. The molecule has 1 saturated carbocycles. The number of anilines is 2. The standard InChI is InChI=1S/C12H16N6/c13-16-10-7-17-4-3-14-11(17)12(15-10)18-6-8-1-2-9(18)5-8/h3-4,7-9,16H,1-2,5-6,13H2. The van der Waals surface area contributed by atoms with Crippen LogP contribution in [-0.2, 0) is 0 Å². The summed E-state index contributed by atoms with van der Waals surface area (Å²) in [6.45, 7) is 1.11. The second-order valence-electron chi connectivity index (χ2n) is 5.24. The molecule has 2 aromatic rings. The molecule has 2 aromatic heterocycles. The van der Waals surface area contributed by atoms with Gasteiger partial charge < -0.3 is 14.7 Å². The Labute approximate surface area is 105 Å². The van der Waals surface area contributed by atoms with Gasteiger partial charge in [-0.3, -0.25) is 0 Å². The summed E-state index contributed by atoms with van der Waals surface area (Å²) in [7, 11) is 0. The first-order valence-corrected chi connectivity index (χ1v) is 6.42. The zero-order valence-corrected chi connectivity index (χ0v) is 10.1. The van der Waals surface area contributed by atoms with Gasteiger partial charge in [0, 0.05) is 25.0 Å². The van der Waals surface area contributed by atoms with E-state index in [1.54, 1.807) is 6.20 Å². The van der Waals surface area contributed by atoms with Crippen LogP contribution in [-0.4, -0.2) is 27.0 Å². The highest BCUT2D eigenvalue weighted by molar-refractivity contribution is 5.67. The van der Waals surface area contributed by atoms with Crippen molar-refractivity contribution in [1.29, 1.82) is 0 Å². The molecular weight excluding hydrogens is 228 g/mol. The molecule has 4 rings (SSSR count). The average Bonchev–Trinajstić information content (AvgIpc) is 3.12. The SMILES string of the molecule is NNc1cn2ccnc2c(N2CC3CCC2C3)n1. The third-order valence-electron chi connectivity index (χ3n) is 4.19. The van der Waals surface area contributed by atoms with Crippen molar-refractivity contribution in [3.8, 4) is 0 Å². The molecule has 1 aliphatic heterocycles. The van der Waals surface area contributed by atoms with Gasteiger partial charge in [0.05, 0.1) is 6.20 Å². The highest BCUT2D eigenvalue weighted by Crippen LogP contribution is 2.40. The fraction of sp³-hybridized carbons (Fsp3) is 0.500. The molecule has 0 radical (unpaired) electrons. The maximum Gasteiger partial charge on any atom is 0.180 e. The van der Waals surface area contributed by atoms with Crippen molar-refractivity contribution in [3.63, 3.8) is 0 Å². The van der Waals surface area contributed by atoms with Gasteiger partial charge >= 0.3 is 0 Å². The summed E-state index contributed by atoms with van der Waals surface area (Å²) in [4.78, 5) is 11.4. The third kappa shape index (κ3) is 1.32. The number of imidazole rings is 1. The van der Waals surface area contributed by atoms with Gasteiger partial charge in [-0.05, 0) is 25.2 Å². The van der Waals surface area contributed by atoms with Crippen molar-refractivity contribution in [2.75, 3.05) is 16.9 Å². The molecule has 0 spiro atoms. The van der Waals surface area contributed by atoms with Gasteiger partial charge in [-0.25, -0.2) is 15.8 Å². The summed E-state index contributed by atoms with van der Waals surface area (Å²) < 4.78 is 1.98. The van der Waals surface area contributed by atoms with Crippen LogP contribution >= 0.6 is 0 Å². The summed E-state index contributed by atoms with van der Waals surface area (Å²) in [6, 6.07) is 0.635. The van der Waals surface area contributed by atoms with E-state index in [-0.39, 0.29) is 0 Å². The minimum Gasteiger partial charge on any atom is -0.350 e. The van der Waals surface area contributed by atoms with Crippen LogP contribution in [0.2, 0.25) is 0 Å². The Morgan fingerprint density at radius 3 is 3.06 bits per heavy atom. The Morgan fingerprint density at radius 2 is 2.33 bits per heavy atom. The summed E-state index contributed by atoms with van der Waals surface area (Å²) in [6.07, 6.45) is 9.53. The second kappa shape index (κ2) is 3.58. The first-order valence-electron chi connectivity index (χ1n) is 6.42. The Kier molecular flexibility index (Phi) is 2.02. The van der Waals surface area contributed by atoms with Gasteiger partial charge in [-0.2, -0.15) is 0 Å². The van der Waals surface area contributed by atoms with Crippen molar-refractivity contribution in [1.82, 2.24) is 14.4 Å². The first kappa shape index (κ1) is 10.1. The summed E-state index contributed by atoms with van der Waals surface area (Å²) in [5.41, 5.74) is 3.55. The number of nitrogens with two attached hydrogens (primary N) is 1. The molecule has 18 heavy (non-hydrogen) atoms. The van der Waals surface area contributed by atoms with Crippen molar-refractivity contribution >= 4 is 17.3 Å². The van der Waals surface area contributed by atoms with Crippen molar-refractivity contribution in [3.05, 3.63) is 18.6 Å². The van der Waals surface area contributed by atoms with E-state index in [4.69, 9.17) is 5.84 Å². The van der Waals surface area contributed by atoms with E-state index < -0.39 is 0 Å². The van der Waals surface area contributed by atoms with Gasteiger partial charge in [0.15, 0.2) is 17.3 Å². The molecule has 3 heterocycles. The number of hydrogen-bond acceptors (Lipinski definition) is 5. The number of nitrogens with one attached hydrogen (secondary N) is 1. The molecular formula is C12H16N6. The van der Waals surface area contributed by atoms with Gasteiger partial charge in [-0.15, -0.1) is 0 Å². The molecule has 2 fully saturated rings. The molecule has 6 nitrogen and oxygen atoms in total. The fourth-order valence-electron chi connectivity index (χ4n) is 3.36. The zero-order chi connectivity index (χ0) is 12.1. The van der Waals surface area contributed by atoms with Crippen molar-refractivity contribution < 1.29 is 0 Å². The number of nitrogen functional groups attached to an aromatic ring is 1. The van der Waals surface area contributed by atoms with E-state index >= 15 is 0 Å². The van der Waals surface area contributed by atoms with E-state index in [0.29, 0.717) is 11.9 Å². The Hall–Kier alpha value is -1.82. The maximum absolute atomic E-state index is 5.49. The fourth-order valence-corrected chi connectivity index (χ4v) is 3.36. The molecule has 2 bridgehead atoms. The topological polar surface area (TPSA) is 71.5 Å². The van der Waals surface area contributed by atoms with Crippen LogP contribution in [0.3, 0.4) is 0 Å². The number of hydrogen-bond donors (Lipinski definition) is 2. The van der Waals surface area contributed by atoms with Crippen molar-refractivity contribution in [2.45, 2.75) is 25.3 Å². The minimum atomic E-state index is 0.635. The molecule has 2 atom stereocenters. The van der Waals surface area contributed by atoms with E-state index in [0.717, 1.165) is 23.9 Å². The number of piperidine rings is 1. The molecule has 3 N–H and O–H groups in total. The Morgan fingerprint density at radius 1 is 1.39 bits per heavy atom. The number of nitrogens with zero attached hydrogens (tertiary/aromatic N) is 4. The van der Waals surface area contributed by atoms with Crippen LogP contribution < -0.4 is 16.2 Å². The normalized spacial score (nSPS) is 26.2. The molecule has 2 unspecified atom stereocenters. The largest absolute Gasteiger partial charge is 0.350 e. The number of fused-ring (bicyclic) bond motifs is 3. The predicted molar refractivity (Wildman–Crippen MR) is 69.3 cm³/mol. The Bertz CT molecular complexity index is 591. The maximum atomic E-state index is 5.49. The van der Waals surface area contributed by atoms with Crippen LogP contribution in [0.5, 0.6) is 0 Å². The molecule has 94 valence electrons. The van der Waals surface area contributed by atoms with Gasteiger partial charge in [0.2, 0.25) is 0 Å². The summed E-state index contributed by atoms with van der Waals surface area (Å²) >= 11 is 0. The molecule has 1 saturated heterocycles. The lowest BCUT2D eigenvalue weighted by Gasteiger charge is -2.28. The van der Waals surface area contributed by atoms with Gasteiger partial charge in [-0.1, -0.05) is 0 Å². The zero-order valence-electron chi connectivity index (χ0n) is 10.1. The van der Waals surface area contributed by atoms with Gasteiger partial charge in [0.25, 0.3) is 0 Å². The molecule has 1 aliphatic carbocycles. The van der Waals surface area contributed by atoms with Crippen molar-refractivity contribution in [2.24, 2.45) is 11.8 Å². The Balaban J connectivity index is 1.85. The first-order chi connectivity index (χ1) is 8.85. The summed E-state index contributed by atoms with van der Waals surface area (Å²) in [5, 5.41) is 0. The third-order valence-corrected chi connectivity index (χ3v) is 4.19. The van der Waals surface area contributed by atoms with Crippen LogP contribution in [0.25, 0.3) is 5.65 Å². The molecule has 0 amide bonds. The summed E-state index contributed by atoms with van der Waals surface area (Å²) in [5.74, 6) is 7.96. The highest BCUT2D eigenvalue weighted by atomic mass is 15.3. The number of aromatic nitrogens is 3. The van der Waals surface area contributed by atoms with E-state index in [1.165, 1.54) is 19.3 Å². The lowest BCUT2D eigenvalue weighted by molar-refractivity contribution is 0.551. The monoisotopic (exact) mass is 244 g/mol. The lowest BCUT2D eigenvalue weighted by atomic mass is 10.1. The lowest BCUT2D eigenvalue weighted by Crippen LogP contribution is -2.33. The molecule has 2 aliphatic rings. The van der Waals surface area contributed by atoms with Crippen LogP contribution in [0.1, 0.15) is 19.3 Å². The average molecular weight is 244 g/mol. The van der Waals surface area contributed by atoms with E-state index in [9.17, 15) is 0 Å². The van der Waals surface area contributed by atoms with Gasteiger partial charge in [0.1, 0.15) is 0 Å². The second-order valence-corrected chi connectivity index (χ2v) is 5.24. The molecule has 6 heteroatoms. The smallest absolute Gasteiger partial charge is 0.180 e.